The first-order chi connectivity index (χ1) is 7.31. The number of rotatable bonds is 2. The molecule has 5 heteroatoms. The Hall–Kier alpha value is -0.320. The smallest absolute Gasteiger partial charge is 0.228 e. The van der Waals surface area contributed by atoms with Crippen molar-refractivity contribution in [1.82, 2.24) is 4.90 Å². The summed E-state index contributed by atoms with van der Waals surface area (Å²) in [6, 6.07) is 0. The molecule has 0 aromatic heterocycles. The maximum atomic E-state index is 12.1. The molecule has 2 fully saturated rings. The van der Waals surface area contributed by atoms with Crippen molar-refractivity contribution in [3.8, 4) is 0 Å². The van der Waals surface area contributed by atoms with Crippen molar-refractivity contribution < 1.29 is 9.53 Å². The number of carbonyl (C=O) groups excluding carboxylic acids is 1. The molecule has 0 aromatic carbocycles. The predicted octanol–water partition coefficient (Wildman–Crippen LogP) is 0.642. The van der Waals surface area contributed by atoms with E-state index in [1.54, 1.807) is 0 Å². The van der Waals surface area contributed by atoms with Crippen LogP contribution in [0.4, 0.5) is 0 Å². The zero-order valence-corrected chi connectivity index (χ0v) is 10.4. The van der Waals surface area contributed by atoms with E-state index in [0.717, 1.165) is 32.5 Å². The lowest BCUT2D eigenvalue weighted by molar-refractivity contribution is -0.137. The molecule has 2 saturated heterocycles. The first kappa shape index (κ1) is 13.7. The second kappa shape index (κ2) is 6.42. The molecule has 16 heavy (non-hydrogen) atoms. The zero-order chi connectivity index (χ0) is 10.7. The van der Waals surface area contributed by atoms with Gasteiger partial charge in [-0.3, -0.25) is 4.79 Å². The van der Waals surface area contributed by atoms with Crippen LogP contribution in [0.25, 0.3) is 0 Å². The monoisotopic (exact) mass is 248 g/mol. The first-order valence-corrected chi connectivity index (χ1v) is 5.88. The average molecular weight is 249 g/mol. The number of nitrogens with two attached hydrogens (primary N) is 1. The third-order valence-corrected chi connectivity index (χ3v) is 3.44. The number of ether oxygens (including phenoxy) is 1. The number of piperidine rings is 1. The number of hydrogen-bond acceptors (Lipinski definition) is 3. The van der Waals surface area contributed by atoms with Gasteiger partial charge in [0.25, 0.3) is 0 Å². The van der Waals surface area contributed by atoms with Gasteiger partial charge >= 0.3 is 0 Å². The van der Waals surface area contributed by atoms with E-state index in [1.807, 2.05) is 4.90 Å². The third-order valence-electron chi connectivity index (χ3n) is 3.44. The number of amides is 1. The van der Waals surface area contributed by atoms with Gasteiger partial charge in [0.05, 0.1) is 12.5 Å². The van der Waals surface area contributed by atoms with Crippen LogP contribution in [0.2, 0.25) is 0 Å². The maximum Gasteiger partial charge on any atom is 0.228 e. The Morgan fingerprint density at radius 3 is 2.88 bits per heavy atom. The second-order valence-corrected chi connectivity index (χ2v) is 4.59. The minimum Gasteiger partial charge on any atom is -0.381 e. The second-order valence-electron chi connectivity index (χ2n) is 4.59. The number of likely N-dealkylation sites (tertiary alicyclic amines) is 1. The molecule has 1 amide bonds. The van der Waals surface area contributed by atoms with Crippen LogP contribution in [-0.4, -0.2) is 43.7 Å². The van der Waals surface area contributed by atoms with Crippen molar-refractivity contribution in [2.24, 2.45) is 17.6 Å². The standard InChI is InChI=1S/C11H20N2O2.ClH/c12-6-9-2-1-4-13(7-9)11(14)10-3-5-15-8-10;/h9-10H,1-8,12H2;1H. The fourth-order valence-corrected chi connectivity index (χ4v) is 2.45. The summed E-state index contributed by atoms with van der Waals surface area (Å²) in [4.78, 5) is 14.1. The van der Waals surface area contributed by atoms with Crippen molar-refractivity contribution in [1.29, 1.82) is 0 Å². The molecule has 0 aromatic rings. The van der Waals surface area contributed by atoms with E-state index in [9.17, 15) is 4.79 Å². The molecule has 2 heterocycles. The van der Waals surface area contributed by atoms with Gasteiger partial charge < -0.3 is 15.4 Å². The highest BCUT2D eigenvalue weighted by Gasteiger charge is 2.30. The molecular formula is C11H21ClN2O2. The molecule has 2 unspecified atom stereocenters. The molecule has 0 saturated carbocycles. The van der Waals surface area contributed by atoms with Gasteiger partial charge in [-0.1, -0.05) is 0 Å². The van der Waals surface area contributed by atoms with Crippen molar-refractivity contribution in [2.75, 3.05) is 32.8 Å². The van der Waals surface area contributed by atoms with Crippen LogP contribution in [0.3, 0.4) is 0 Å². The van der Waals surface area contributed by atoms with Crippen LogP contribution in [0.5, 0.6) is 0 Å². The highest BCUT2D eigenvalue weighted by Crippen LogP contribution is 2.21. The van der Waals surface area contributed by atoms with E-state index >= 15 is 0 Å². The van der Waals surface area contributed by atoms with Crippen LogP contribution in [0.1, 0.15) is 19.3 Å². The van der Waals surface area contributed by atoms with Crippen molar-refractivity contribution in [3.63, 3.8) is 0 Å². The van der Waals surface area contributed by atoms with Gasteiger partial charge in [-0.25, -0.2) is 0 Å². The van der Waals surface area contributed by atoms with Crippen molar-refractivity contribution in [3.05, 3.63) is 0 Å². The normalized spacial score (nSPS) is 29.9. The highest BCUT2D eigenvalue weighted by atomic mass is 35.5. The third kappa shape index (κ3) is 3.09. The van der Waals surface area contributed by atoms with E-state index in [4.69, 9.17) is 10.5 Å². The lowest BCUT2D eigenvalue weighted by atomic mass is 9.96. The Morgan fingerprint density at radius 1 is 1.44 bits per heavy atom. The molecule has 0 aliphatic carbocycles. The topological polar surface area (TPSA) is 55.6 Å². The summed E-state index contributed by atoms with van der Waals surface area (Å²) in [5.41, 5.74) is 5.66. The fourth-order valence-electron chi connectivity index (χ4n) is 2.45. The SMILES string of the molecule is Cl.NCC1CCCN(C(=O)C2CCOC2)C1. The predicted molar refractivity (Wildman–Crippen MR) is 64.5 cm³/mol. The van der Waals surface area contributed by atoms with Crippen molar-refractivity contribution in [2.45, 2.75) is 19.3 Å². The Morgan fingerprint density at radius 2 is 2.25 bits per heavy atom. The summed E-state index contributed by atoms with van der Waals surface area (Å²) < 4.78 is 5.25. The quantitative estimate of drug-likeness (QED) is 0.781. The summed E-state index contributed by atoms with van der Waals surface area (Å²) >= 11 is 0. The lowest BCUT2D eigenvalue weighted by Gasteiger charge is -2.33. The van der Waals surface area contributed by atoms with Crippen LogP contribution < -0.4 is 5.73 Å². The number of hydrogen-bond donors (Lipinski definition) is 1. The maximum absolute atomic E-state index is 12.1. The fraction of sp³-hybridized carbons (Fsp3) is 0.909. The van der Waals surface area contributed by atoms with Crippen LogP contribution in [-0.2, 0) is 9.53 Å². The summed E-state index contributed by atoms with van der Waals surface area (Å²) in [5.74, 6) is 0.900. The number of halogens is 1. The molecule has 2 aliphatic heterocycles. The largest absolute Gasteiger partial charge is 0.381 e. The molecular weight excluding hydrogens is 228 g/mol. The Balaban J connectivity index is 0.00000128. The Labute approximate surface area is 103 Å². The van der Waals surface area contributed by atoms with E-state index in [1.165, 1.54) is 6.42 Å². The molecule has 94 valence electrons. The van der Waals surface area contributed by atoms with Crippen LogP contribution >= 0.6 is 12.4 Å². The van der Waals surface area contributed by atoms with E-state index in [-0.39, 0.29) is 24.2 Å². The summed E-state index contributed by atoms with van der Waals surface area (Å²) in [7, 11) is 0. The van der Waals surface area contributed by atoms with Crippen LogP contribution in [0.15, 0.2) is 0 Å². The molecule has 0 radical (unpaired) electrons. The number of nitrogens with zero attached hydrogens (tertiary/aromatic N) is 1. The van der Waals surface area contributed by atoms with E-state index < -0.39 is 0 Å². The van der Waals surface area contributed by atoms with Gasteiger partial charge in [-0.2, -0.15) is 0 Å². The summed E-state index contributed by atoms with van der Waals surface area (Å²) in [6.45, 7) is 3.82. The molecule has 2 atom stereocenters. The van der Waals surface area contributed by atoms with Crippen molar-refractivity contribution >= 4 is 18.3 Å². The molecule has 2 rings (SSSR count). The van der Waals surface area contributed by atoms with Crippen LogP contribution in [0, 0.1) is 11.8 Å². The van der Waals surface area contributed by atoms with Gasteiger partial charge in [0.1, 0.15) is 0 Å². The molecule has 2 N–H and O–H groups in total. The Kier molecular flexibility index (Phi) is 5.52. The van der Waals surface area contributed by atoms with Gasteiger partial charge in [0.15, 0.2) is 0 Å². The summed E-state index contributed by atoms with van der Waals surface area (Å²) in [6.07, 6.45) is 3.16. The highest BCUT2D eigenvalue weighted by molar-refractivity contribution is 5.85. The van der Waals surface area contributed by atoms with Gasteiger partial charge in [-0.15, -0.1) is 12.4 Å². The molecule has 2 aliphatic rings. The van der Waals surface area contributed by atoms with Gasteiger partial charge in [-0.05, 0) is 31.7 Å². The van der Waals surface area contributed by atoms with E-state index in [0.29, 0.717) is 19.1 Å². The average Bonchev–Trinajstić information content (AvgIpc) is 2.81. The zero-order valence-electron chi connectivity index (χ0n) is 9.56. The minimum absolute atomic E-state index is 0. The first-order valence-electron chi connectivity index (χ1n) is 5.88. The lowest BCUT2D eigenvalue weighted by Crippen LogP contribution is -2.44. The van der Waals surface area contributed by atoms with Gasteiger partial charge in [0, 0.05) is 19.7 Å². The summed E-state index contributed by atoms with van der Waals surface area (Å²) in [5, 5.41) is 0. The minimum atomic E-state index is 0. The molecule has 0 spiro atoms. The van der Waals surface area contributed by atoms with Gasteiger partial charge in [0.2, 0.25) is 5.91 Å². The Bertz CT molecular complexity index is 232. The number of carbonyl (C=O) groups is 1. The molecule has 0 bridgehead atoms. The van der Waals surface area contributed by atoms with E-state index in [2.05, 4.69) is 0 Å². The molecule has 4 nitrogen and oxygen atoms in total.